The number of nitro groups is 2. The SMILES string of the molecule is O=[N+]([O-])c1ccc(S(=O)(=O)N2CC3CN(Cc4ccc([N+](=O)[O-])o4)CC3C2)cc1. The van der Waals surface area contributed by atoms with Gasteiger partial charge < -0.3 is 4.42 Å². The fourth-order valence-electron chi connectivity index (χ4n) is 4.03. The Morgan fingerprint density at radius 1 is 0.931 bits per heavy atom. The highest BCUT2D eigenvalue weighted by atomic mass is 32.2. The van der Waals surface area contributed by atoms with Crippen molar-refractivity contribution in [2.24, 2.45) is 11.8 Å². The van der Waals surface area contributed by atoms with E-state index in [1.807, 2.05) is 0 Å². The summed E-state index contributed by atoms with van der Waals surface area (Å²) in [4.78, 5) is 22.5. The van der Waals surface area contributed by atoms with Crippen molar-refractivity contribution in [3.63, 3.8) is 0 Å². The van der Waals surface area contributed by atoms with Crippen molar-refractivity contribution >= 4 is 21.6 Å². The molecule has 1 aromatic carbocycles. The first-order chi connectivity index (χ1) is 13.7. The molecule has 4 rings (SSSR count). The number of rotatable bonds is 6. The van der Waals surface area contributed by atoms with Crippen LogP contribution in [0.5, 0.6) is 0 Å². The highest BCUT2D eigenvalue weighted by molar-refractivity contribution is 7.89. The second-order valence-electron chi connectivity index (χ2n) is 7.28. The Morgan fingerprint density at radius 3 is 2.07 bits per heavy atom. The van der Waals surface area contributed by atoms with E-state index < -0.39 is 19.9 Å². The van der Waals surface area contributed by atoms with Gasteiger partial charge in [-0.25, -0.2) is 8.42 Å². The summed E-state index contributed by atoms with van der Waals surface area (Å²) in [6.07, 6.45) is 0. The predicted molar refractivity (Wildman–Crippen MR) is 99.5 cm³/mol. The van der Waals surface area contributed by atoms with E-state index in [9.17, 15) is 28.6 Å². The Balaban J connectivity index is 1.39. The molecule has 11 nitrogen and oxygen atoms in total. The van der Waals surface area contributed by atoms with Crippen LogP contribution in [0.3, 0.4) is 0 Å². The summed E-state index contributed by atoms with van der Waals surface area (Å²) >= 11 is 0. The summed E-state index contributed by atoms with van der Waals surface area (Å²) in [7, 11) is -3.71. The molecule has 2 aromatic rings. The largest absolute Gasteiger partial charge is 0.433 e. The van der Waals surface area contributed by atoms with Crippen LogP contribution >= 0.6 is 0 Å². The molecular formula is C17H18N4O7S. The van der Waals surface area contributed by atoms with E-state index in [2.05, 4.69) is 4.90 Å². The lowest BCUT2D eigenvalue weighted by Crippen LogP contribution is -2.33. The maximum absolute atomic E-state index is 12.8. The predicted octanol–water partition coefficient (Wildman–Crippen LogP) is 1.85. The second kappa shape index (κ2) is 7.21. The molecule has 0 saturated carbocycles. The fraction of sp³-hybridized carbons (Fsp3) is 0.412. The quantitative estimate of drug-likeness (QED) is 0.507. The second-order valence-corrected chi connectivity index (χ2v) is 9.22. The van der Waals surface area contributed by atoms with Gasteiger partial charge in [0.1, 0.15) is 10.7 Å². The summed E-state index contributed by atoms with van der Waals surface area (Å²) < 4.78 is 32.3. The molecule has 0 N–H and O–H groups in total. The van der Waals surface area contributed by atoms with Crippen LogP contribution in [0.4, 0.5) is 11.6 Å². The van der Waals surface area contributed by atoms with Crippen molar-refractivity contribution in [2.75, 3.05) is 26.2 Å². The first kappa shape index (κ1) is 19.5. The Morgan fingerprint density at radius 2 is 1.55 bits per heavy atom. The molecule has 1 aromatic heterocycles. The van der Waals surface area contributed by atoms with Gasteiger partial charge in [0.05, 0.1) is 22.4 Å². The third-order valence-corrected chi connectivity index (χ3v) is 7.27. The van der Waals surface area contributed by atoms with Gasteiger partial charge in [0.2, 0.25) is 10.0 Å². The van der Waals surface area contributed by atoms with Gasteiger partial charge >= 0.3 is 5.88 Å². The van der Waals surface area contributed by atoms with Crippen molar-refractivity contribution in [1.82, 2.24) is 9.21 Å². The molecule has 2 unspecified atom stereocenters. The van der Waals surface area contributed by atoms with E-state index in [1.165, 1.54) is 34.6 Å². The van der Waals surface area contributed by atoms with E-state index in [0.29, 0.717) is 38.5 Å². The Hall–Kier alpha value is -2.83. The normalized spacial score (nSPS) is 22.6. The zero-order chi connectivity index (χ0) is 20.8. The van der Waals surface area contributed by atoms with Gasteiger partial charge in [-0.3, -0.25) is 25.1 Å². The Labute approximate surface area is 165 Å². The van der Waals surface area contributed by atoms with Crippen LogP contribution in [0.1, 0.15) is 5.76 Å². The molecule has 2 saturated heterocycles. The number of sulfonamides is 1. The zero-order valence-corrected chi connectivity index (χ0v) is 16.0. The van der Waals surface area contributed by atoms with Crippen LogP contribution in [0.2, 0.25) is 0 Å². The number of nitro benzene ring substituents is 1. The molecule has 2 fully saturated rings. The van der Waals surface area contributed by atoms with Gasteiger partial charge in [-0.1, -0.05) is 0 Å². The van der Waals surface area contributed by atoms with Gasteiger partial charge in [0.15, 0.2) is 0 Å². The summed E-state index contributed by atoms with van der Waals surface area (Å²) in [5, 5.41) is 21.5. The van der Waals surface area contributed by atoms with Gasteiger partial charge in [-0.05, 0) is 30.0 Å². The van der Waals surface area contributed by atoms with Crippen molar-refractivity contribution in [1.29, 1.82) is 0 Å². The summed E-state index contributed by atoms with van der Waals surface area (Å²) in [5.74, 6) is 0.535. The number of non-ortho nitro benzene ring substituents is 1. The molecule has 2 aliphatic heterocycles. The van der Waals surface area contributed by atoms with Crippen LogP contribution < -0.4 is 0 Å². The molecule has 0 spiro atoms. The number of nitrogens with zero attached hydrogens (tertiary/aromatic N) is 4. The van der Waals surface area contributed by atoms with Gasteiger partial charge in [0.25, 0.3) is 5.69 Å². The molecule has 2 atom stereocenters. The minimum Gasteiger partial charge on any atom is -0.404 e. The number of hydrogen-bond donors (Lipinski definition) is 0. The van der Waals surface area contributed by atoms with Crippen molar-refractivity contribution in [2.45, 2.75) is 11.4 Å². The van der Waals surface area contributed by atoms with Crippen molar-refractivity contribution in [3.8, 4) is 0 Å². The molecular weight excluding hydrogens is 404 g/mol. The minimum absolute atomic E-state index is 0.0443. The van der Waals surface area contributed by atoms with Gasteiger partial charge in [-0.2, -0.15) is 4.31 Å². The molecule has 3 heterocycles. The standard InChI is InChI=1S/C17H18N4O7S/c22-20(23)14-1-4-16(5-2-14)29(26,27)19-9-12-7-18(8-13(12)10-19)11-15-3-6-17(28-15)21(24)25/h1-6,12-13H,7-11H2. The molecule has 0 bridgehead atoms. The minimum atomic E-state index is -3.71. The fourth-order valence-corrected chi connectivity index (χ4v) is 5.59. The van der Waals surface area contributed by atoms with Crippen LogP contribution in [-0.2, 0) is 16.6 Å². The van der Waals surface area contributed by atoms with Crippen molar-refractivity contribution in [3.05, 3.63) is 62.4 Å². The highest BCUT2D eigenvalue weighted by Gasteiger charge is 2.44. The number of benzene rings is 1. The molecule has 154 valence electrons. The summed E-state index contributed by atoms with van der Waals surface area (Å²) in [6, 6.07) is 7.81. The lowest BCUT2D eigenvalue weighted by atomic mass is 10.0. The van der Waals surface area contributed by atoms with E-state index >= 15 is 0 Å². The number of furan rings is 1. The third kappa shape index (κ3) is 3.73. The molecule has 12 heteroatoms. The first-order valence-electron chi connectivity index (χ1n) is 8.94. The third-order valence-electron chi connectivity index (χ3n) is 5.42. The van der Waals surface area contributed by atoms with Crippen molar-refractivity contribution < 1.29 is 22.7 Å². The topological polar surface area (TPSA) is 140 Å². The zero-order valence-electron chi connectivity index (χ0n) is 15.2. The highest BCUT2D eigenvalue weighted by Crippen LogP contribution is 2.35. The van der Waals surface area contributed by atoms with Crippen LogP contribution in [0, 0.1) is 32.1 Å². The van der Waals surface area contributed by atoms with E-state index in [-0.39, 0.29) is 28.3 Å². The smallest absolute Gasteiger partial charge is 0.404 e. The van der Waals surface area contributed by atoms with E-state index in [4.69, 9.17) is 4.42 Å². The van der Waals surface area contributed by atoms with Gasteiger partial charge in [0, 0.05) is 38.3 Å². The molecule has 0 aliphatic carbocycles. The Kier molecular flexibility index (Phi) is 4.84. The maximum atomic E-state index is 12.8. The number of hydrogen-bond acceptors (Lipinski definition) is 8. The van der Waals surface area contributed by atoms with Crippen LogP contribution in [-0.4, -0.2) is 53.6 Å². The first-order valence-corrected chi connectivity index (χ1v) is 10.4. The van der Waals surface area contributed by atoms with E-state index in [0.717, 1.165) is 0 Å². The molecule has 0 amide bonds. The lowest BCUT2D eigenvalue weighted by molar-refractivity contribution is -0.402. The number of likely N-dealkylation sites (tertiary alicyclic amines) is 1. The van der Waals surface area contributed by atoms with Crippen LogP contribution in [0.25, 0.3) is 0 Å². The lowest BCUT2D eigenvalue weighted by Gasteiger charge is -2.20. The van der Waals surface area contributed by atoms with Crippen LogP contribution in [0.15, 0.2) is 45.7 Å². The Bertz CT molecular complexity index is 1040. The van der Waals surface area contributed by atoms with Gasteiger partial charge in [-0.15, -0.1) is 0 Å². The monoisotopic (exact) mass is 422 g/mol. The molecule has 2 aliphatic rings. The average Bonchev–Trinajstić information content (AvgIpc) is 3.37. The molecule has 29 heavy (non-hydrogen) atoms. The molecule has 0 radical (unpaired) electrons. The summed E-state index contributed by atoms with van der Waals surface area (Å²) in [5.41, 5.74) is -0.156. The average molecular weight is 422 g/mol. The van der Waals surface area contributed by atoms with E-state index in [1.54, 1.807) is 6.07 Å². The number of fused-ring (bicyclic) bond motifs is 1. The summed E-state index contributed by atoms with van der Waals surface area (Å²) in [6.45, 7) is 2.53. The maximum Gasteiger partial charge on any atom is 0.433 e.